The highest BCUT2D eigenvalue weighted by Gasteiger charge is 2.19. The number of thioether (sulfide) groups is 1. The number of hydrogen-bond donors (Lipinski definition) is 1. The summed E-state index contributed by atoms with van der Waals surface area (Å²) < 4.78 is 0.934. The van der Waals surface area contributed by atoms with Gasteiger partial charge in [-0.2, -0.15) is 11.8 Å². The number of halogens is 1. The van der Waals surface area contributed by atoms with Gasteiger partial charge in [0.2, 0.25) is 0 Å². The first-order chi connectivity index (χ1) is 8.15. The number of hydrogen-bond acceptors (Lipinski definition) is 2. The largest absolute Gasteiger partial charge is 0.481 e. The molecule has 1 aromatic rings. The number of carboxylic acids is 1. The molecule has 0 radical (unpaired) electrons. The van der Waals surface area contributed by atoms with Gasteiger partial charge >= 0.3 is 5.97 Å². The fraction of sp³-hybridized carbons (Fsp3) is 0.462. The van der Waals surface area contributed by atoms with Crippen LogP contribution in [0.5, 0.6) is 0 Å². The lowest BCUT2D eigenvalue weighted by atomic mass is 9.95. The van der Waals surface area contributed by atoms with Crippen LogP contribution >= 0.6 is 27.7 Å². The van der Waals surface area contributed by atoms with Crippen molar-refractivity contribution in [2.75, 3.05) is 11.5 Å². The fourth-order valence-electron chi connectivity index (χ4n) is 1.69. The third-order valence-corrected chi connectivity index (χ3v) is 4.01. The molecule has 0 aliphatic rings. The molecule has 1 unspecified atom stereocenters. The van der Waals surface area contributed by atoms with Gasteiger partial charge < -0.3 is 5.11 Å². The minimum absolute atomic E-state index is 0.384. The minimum Gasteiger partial charge on any atom is -0.481 e. The Balaban J connectivity index is 2.63. The molecule has 0 saturated heterocycles. The summed E-state index contributed by atoms with van der Waals surface area (Å²) in [5.74, 6) is 1.01. The van der Waals surface area contributed by atoms with Gasteiger partial charge in [0.1, 0.15) is 0 Å². The molecule has 0 aromatic heterocycles. The first kappa shape index (κ1) is 14.6. The molecule has 0 spiro atoms. The van der Waals surface area contributed by atoms with Crippen LogP contribution in [0.25, 0.3) is 0 Å². The zero-order chi connectivity index (χ0) is 12.7. The maximum absolute atomic E-state index is 11.3. The number of carbonyl (C=O) groups is 1. The fourth-order valence-corrected chi connectivity index (χ4v) is 2.77. The van der Waals surface area contributed by atoms with E-state index in [-0.39, 0.29) is 5.92 Å². The maximum atomic E-state index is 11.3. The SMILES string of the molecule is CCSCCCC(C(=O)O)c1cccc(Br)c1. The van der Waals surface area contributed by atoms with Crippen molar-refractivity contribution in [2.45, 2.75) is 25.7 Å². The van der Waals surface area contributed by atoms with Gasteiger partial charge in [-0.3, -0.25) is 4.79 Å². The average Bonchev–Trinajstić information content (AvgIpc) is 2.28. The van der Waals surface area contributed by atoms with E-state index >= 15 is 0 Å². The summed E-state index contributed by atoms with van der Waals surface area (Å²) in [6.45, 7) is 2.12. The summed E-state index contributed by atoms with van der Waals surface area (Å²) in [7, 11) is 0. The zero-order valence-corrected chi connectivity index (χ0v) is 12.3. The summed E-state index contributed by atoms with van der Waals surface area (Å²) >= 11 is 5.23. The lowest BCUT2D eigenvalue weighted by Crippen LogP contribution is -2.12. The van der Waals surface area contributed by atoms with Gasteiger partial charge in [-0.25, -0.2) is 0 Å². The van der Waals surface area contributed by atoms with Crippen LogP contribution in [-0.2, 0) is 4.79 Å². The van der Waals surface area contributed by atoms with Crippen molar-refractivity contribution in [3.63, 3.8) is 0 Å². The molecule has 0 saturated carbocycles. The van der Waals surface area contributed by atoms with E-state index in [1.165, 1.54) is 0 Å². The molecule has 1 aromatic carbocycles. The second-order valence-electron chi connectivity index (χ2n) is 3.78. The minimum atomic E-state index is -0.732. The van der Waals surface area contributed by atoms with Crippen LogP contribution in [0.4, 0.5) is 0 Å². The Labute approximate surface area is 115 Å². The summed E-state index contributed by atoms with van der Waals surface area (Å²) in [4.78, 5) is 11.3. The summed E-state index contributed by atoms with van der Waals surface area (Å²) in [5.41, 5.74) is 0.883. The van der Waals surface area contributed by atoms with E-state index in [2.05, 4.69) is 22.9 Å². The highest BCUT2D eigenvalue weighted by molar-refractivity contribution is 9.10. The molecular formula is C13H17BrO2S. The molecule has 17 heavy (non-hydrogen) atoms. The molecule has 0 bridgehead atoms. The monoisotopic (exact) mass is 316 g/mol. The molecule has 1 atom stereocenters. The van der Waals surface area contributed by atoms with Gasteiger partial charge in [-0.1, -0.05) is 35.0 Å². The van der Waals surface area contributed by atoms with E-state index in [9.17, 15) is 9.90 Å². The average molecular weight is 317 g/mol. The highest BCUT2D eigenvalue weighted by atomic mass is 79.9. The van der Waals surface area contributed by atoms with E-state index in [0.717, 1.165) is 28.0 Å². The quantitative estimate of drug-likeness (QED) is 0.768. The summed E-state index contributed by atoms with van der Waals surface area (Å²) in [6.07, 6.45) is 1.65. The van der Waals surface area contributed by atoms with Crippen molar-refractivity contribution >= 4 is 33.7 Å². The van der Waals surface area contributed by atoms with Crippen LogP contribution in [0.3, 0.4) is 0 Å². The molecule has 94 valence electrons. The van der Waals surface area contributed by atoms with E-state index in [0.29, 0.717) is 6.42 Å². The number of aliphatic carboxylic acids is 1. The van der Waals surface area contributed by atoms with Crippen LogP contribution < -0.4 is 0 Å². The van der Waals surface area contributed by atoms with Gasteiger partial charge in [0.05, 0.1) is 5.92 Å². The third kappa shape index (κ3) is 5.13. The lowest BCUT2D eigenvalue weighted by Gasteiger charge is -2.12. The molecule has 4 heteroatoms. The summed E-state index contributed by atoms with van der Waals surface area (Å²) in [5, 5.41) is 9.25. The predicted octanol–water partition coefficient (Wildman–Crippen LogP) is 4.15. The van der Waals surface area contributed by atoms with E-state index in [4.69, 9.17) is 0 Å². The second kappa shape index (κ2) is 7.77. The Morgan fingerprint density at radius 2 is 2.29 bits per heavy atom. The Morgan fingerprint density at radius 3 is 2.88 bits per heavy atom. The standard InChI is InChI=1S/C13H17BrO2S/c1-2-17-8-4-7-12(13(15)16)10-5-3-6-11(14)9-10/h3,5-6,9,12H,2,4,7-8H2,1H3,(H,15,16). The number of rotatable bonds is 7. The normalized spacial score (nSPS) is 12.4. The Bertz CT molecular complexity index is 368. The van der Waals surface area contributed by atoms with Crippen LogP contribution in [0.1, 0.15) is 31.2 Å². The molecule has 0 heterocycles. The first-order valence-corrected chi connectivity index (χ1v) is 7.66. The van der Waals surface area contributed by atoms with Crippen LogP contribution in [-0.4, -0.2) is 22.6 Å². The van der Waals surface area contributed by atoms with E-state index < -0.39 is 5.97 Å². The van der Waals surface area contributed by atoms with Crippen molar-refractivity contribution < 1.29 is 9.90 Å². The molecular weight excluding hydrogens is 300 g/mol. The van der Waals surface area contributed by atoms with E-state index in [1.807, 2.05) is 36.0 Å². The molecule has 0 amide bonds. The molecule has 1 rings (SSSR count). The van der Waals surface area contributed by atoms with Crippen LogP contribution in [0.15, 0.2) is 28.7 Å². The topological polar surface area (TPSA) is 37.3 Å². The van der Waals surface area contributed by atoms with Gasteiger partial charge in [-0.05, 0) is 42.0 Å². The molecule has 1 N–H and O–H groups in total. The number of benzene rings is 1. The predicted molar refractivity (Wildman–Crippen MR) is 76.8 cm³/mol. The zero-order valence-electron chi connectivity index (χ0n) is 9.86. The second-order valence-corrected chi connectivity index (χ2v) is 6.09. The highest BCUT2D eigenvalue weighted by Crippen LogP contribution is 2.25. The Morgan fingerprint density at radius 1 is 1.53 bits per heavy atom. The van der Waals surface area contributed by atoms with E-state index in [1.54, 1.807) is 0 Å². The van der Waals surface area contributed by atoms with Crippen molar-refractivity contribution in [3.05, 3.63) is 34.3 Å². The van der Waals surface area contributed by atoms with Gasteiger partial charge in [0.15, 0.2) is 0 Å². The van der Waals surface area contributed by atoms with Crippen LogP contribution in [0.2, 0.25) is 0 Å². The van der Waals surface area contributed by atoms with Gasteiger partial charge in [-0.15, -0.1) is 0 Å². The first-order valence-electron chi connectivity index (χ1n) is 5.71. The molecule has 0 aliphatic heterocycles. The van der Waals surface area contributed by atoms with Crippen molar-refractivity contribution in [1.82, 2.24) is 0 Å². The molecule has 0 fully saturated rings. The van der Waals surface area contributed by atoms with Crippen molar-refractivity contribution in [2.24, 2.45) is 0 Å². The van der Waals surface area contributed by atoms with Crippen LogP contribution in [0, 0.1) is 0 Å². The Kier molecular flexibility index (Phi) is 6.66. The third-order valence-electron chi connectivity index (χ3n) is 2.53. The van der Waals surface area contributed by atoms with Gasteiger partial charge in [0.25, 0.3) is 0 Å². The van der Waals surface area contributed by atoms with Crippen molar-refractivity contribution in [1.29, 1.82) is 0 Å². The maximum Gasteiger partial charge on any atom is 0.310 e. The smallest absolute Gasteiger partial charge is 0.310 e. The van der Waals surface area contributed by atoms with Gasteiger partial charge in [0, 0.05) is 4.47 Å². The molecule has 2 nitrogen and oxygen atoms in total. The summed E-state index contributed by atoms with van der Waals surface area (Å²) in [6, 6.07) is 7.58. The molecule has 0 aliphatic carbocycles. The Hall–Kier alpha value is -0.480. The number of carboxylic acid groups (broad SMARTS) is 1. The lowest BCUT2D eigenvalue weighted by molar-refractivity contribution is -0.139. The van der Waals surface area contributed by atoms with Crippen molar-refractivity contribution in [3.8, 4) is 0 Å².